The minimum absolute atomic E-state index is 0. The number of aryl methyl sites for hydroxylation is 2. The van der Waals surface area contributed by atoms with Crippen molar-refractivity contribution in [1.29, 1.82) is 0 Å². The van der Waals surface area contributed by atoms with Crippen LogP contribution in [0.5, 0.6) is 0 Å². The number of aromatic nitrogens is 2. The summed E-state index contributed by atoms with van der Waals surface area (Å²) in [7, 11) is 0. The Hall–Kier alpha value is -2.09. The molecule has 0 saturated carbocycles. The molecule has 160 valence electrons. The SMILES string of the molecule is CCc1cc(Nc2cc(=O)n(CCCC[NH+]3CCOCC3)c(=O)[nH]2)ccc1C.[Cl-]. The number of morpholine rings is 1. The molecule has 1 aromatic carbocycles. The monoisotopic (exact) mass is 422 g/mol. The summed E-state index contributed by atoms with van der Waals surface area (Å²) in [5, 5.41) is 3.14. The van der Waals surface area contributed by atoms with Gasteiger partial charge in [0.15, 0.2) is 0 Å². The lowest BCUT2D eigenvalue weighted by Gasteiger charge is -2.23. The lowest BCUT2D eigenvalue weighted by atomic mass is 10.1. The van der Waals surface area contributed by atoms with Crippen molar-refractivity contribution in [1.82, 2.24) is 9.55 Å². The van der Waals surface area contributed by atoms with E-state index in [-0.39, 0.29) is 23.7 Å². The fourth-order valence-electron chi connectivity index (χ4n) is 3.64. The third kappa shape index (κ3) is 6.45. The van der Waals surface area contributed by atoms with Crippen LogP contribution in [0.15, 0.2) is 33.9 Å². The Morgan fingerprint density at radius 1 is 1.17 bits per heavy atom. The van der Waals surface area contributed by atoms with Gasteiger partial charge in [0, 0.05) is 18.3 Å². The summed E-state index contributed by atoms with van der Waals surface area (Å²) in [6, 6.07) is 7.50. The summed E-state index contributed by atoms with van der Waals surface area (Å²) in [5.74, 6) is 0.426. The molecule has 1 saturated heterocycles. The maximum Gasteiger partial charge on any atom is 0.329 e. The zero-order valence-electron chi connectivity index (χ0n) is 17.2. The molecule has 29 heavy (non-hydrogen) atoms. The van der Waals surface area contributed by atoms with E-state index >= 15 is 0 Å². The van der Waals surface area contributed by atoms with Crippen LogP contribution in [0.4, 0.5) is 11.5 Å². The van der Waals surface area contributed by atoms with Gasteiger partial charge in [-0.05, 0) is 49.4 Å². The van der Waals surface area contributed by atoms with E-state index in [1.807, 2.05) is 18.2 Å². The van der Waals surface area contributed by atoms with E-state index in [9.17, 15) is 9.59 Å². The number of quaternary nitrogens is 1. The van der Waals surface area contributed by atoms with E-state index in [1.165, 1.54) is 26.7 Å². The Balaban J connectivity index is 0.00000300. The van der Waals surface area contributed by atoms with Crippen LogP contribution in [0.3, 0.4) is 0 Å². The minimum Gasteiger partial charge on any atom is -1.00 e. The second kappa shape index (κ2) is 11.2. The number of unbranched alkanes of at least 4 members (excludes halogenated alkanes) is 1. The van der Waals surface area contributed by atoms with Crippen LogP contribution in [0.25, 0.3) is 0 Å². The molecule has 1 aliphatic rings. The van der Waals surface area contributed by atoms with Gasteiger partial charge < -0.3 is 27.4 Å². The van der Waals surface area contributed by atoms with Crippen LogP contribution in [-0.4, -0.2) is 42.4 Å². The van der Waals surface area contributed by atoms with Crippen molar-refractivity contribution < 1.29 is 22.0 Å². The predicted octanol–water partition coefficient (Wildman–Crippen LogP) is -2.15. The van der Waals surface area contributed by atoms with Crippen molar-refractivity contribution in [2.75, 3.05) is 38.2 Å². The van der Waals surface area contributed by atoms with Crippen molar-refractivity contribution in [2.45, 2.75) is 39.7 Å². The second-order valence-electron chi connectivity index (χ2n) is 7.42. The topological polar surface area (TPSA) is 80.6 Å². The summed E-state index contributed by atoms with van der Waals surface area (Å²) in [5.41, 5.74) is 2.70. The first kappa shape index (κ1) is 23.2. The van der Waals surface area contributed by atoms with Crippen molar-refractivity contribution in [3.05, 3.63) is 56.2 Å². The van der Waals surface area contributed by atoms with Crippen molar-refractivity contribution in [3.63, 3.8) is 0 Å². The highest BCUT2D eigenvalue weighted by molar-refractivity contribution is 5.57. The summed E-state index contributed by atoms with van der Waals surface area (Å²) in [6.07, 6.45) is 2.74. The second-order valence-corrected chi connectivity index (χ2v) is 7.42. The molecule has 1 aromatic heterocycles. The highest BCUT2D eigenvalue weighted by Gasteiger charge is 2.13. The third-order valence-electron chi connectivity index (χ3n) is 5.39. The van der Waals surface area contributed by atoms with E-state index in [0.29, 0.717) is 12.4 Å². The minimum atomic E-state index is -0.364. The van der Waals surface area contributed by atoms with Crippen LogP contribution in [0.1, 0.15) is 30.9 Å². The fraction of sp³-hybridized carbons (Fsp3) is 0.524. The summed E-state index contributed by atoms with van der Waals surface area (Å²) >= 11 is 0. The molecule has 0 amide bonds. The molecule has 0 bridgehead atoms. The standard InChI is InChI=1S/C21H30N4O3.ClH/c1-3-17-14-18(7-6-16(17)2)22-19-15-20(26)25(21(27)23-19)9-5-4-8-24-10-12-28-13-11-24;/h6-7,14-15,22H,3-5,8-13H2,1-2H3,(H,23,27);1H. The first-order valence-corrected chi connectivity index (χ1v) is 10.2. The van der Waals surface area contributed by atoms with E-state index < -0.39 is 0 Å². The van der Waals surface area contributed by atoms with Gasteiger partial charge in [-0.3, -0.25) is 14.3 Å². The van der Waals surface area contributed by atoms with Gasteiger partial charge in [-0.25, -0.2) is 4.79 Å². The van der Waals surface area contributed by atoms with E-state index in [0.717, 1.165) is 57.8 Å². The van der Waals surface area contributed by atoms with Gasteiger partial charge in [-0.1, -0.05) is 13.0 Å². The Morgan fingerprint density at radius 2 is 1.93 bits per heavy atom. The van der Waals surface area contributed by atoms with Gasteiger partial charge >= 0.3 is 5.69 Å². The first-order chi connectivity index (χ1) is 13.6. The Bertz CT molecular complexity index is 872. The average Bonchev–Trinajstić information content (AvgIpc) is 2.69. The van der Waals surface area contributed by atoms with Crippen molar-refractivity contribution in [2.24, 2.45) is 0 Å². The summed E-state index contributed by atoms with van der Waals surface area (Å²) in [4.78, 5) is 29.1. The molecule has 7 nitrogen and oxygen atoms in total. The van der Waals surface area contributed by atoms with Crippen molar-refractivity contribution in [3.8, 4) is 0 Å². The number of hydrogen-bond donors (Lipinski definition) is 3. The number of rotatable bonds is 8. The zero-order chi connectivity index (χ0) is 19.9. The largest absolute Gasteiger partial charge is 1.00 e. The lowest BCUT2D eigenvalue weighted by Crippen LogP contribution is -3.14. The molecule has 1 fully saturated rings. The van der Waals surface area contributed by atoms with Crippen LogP contribution in [-0.2, 0) is 17.7 Å². The number of benzene rings is 1. The number of hydrogen-bond acceptors (Lipinski definition) is 4. The third-order valence-corrected chi connectivity index (χ3v) is 5.39. The highest BCUT2D eigenvalue weighted by atomic mass is 35.5. The average molecular weight is 423 g/mol. The fourth-order valence-corrected chi connectivity index (χ4v) is 3.64. The van der Waals surface area contributed by atoms with Crippen molar-refractivity contribution >= 4 is 11.5 Å². The molecular weight excluding hydrogens is 392 g/mol. The predicted molar refractivity (Wildman–Crippen MR) is 111 cm³/mol. The van der Waals surface area contributed by atoms with Gasteiger partial charge in [0.25, 0.3) is 5.56 Å². The first-order valence-electron chi connectivity index (χ1n) is 10.2. The molecule has 2 aromatic rings. The number of ether oxygens (including phenoxy) is 1. The molecule has 0 radical (unpaired) electrons. The zero-order valence-corrected chi connectivity index (χ0v) is 18.0. The summed E-state index contributed by atoms with van der Waals surface area (Å²) < 4.78 is 6.65. The van der Waals surface area contributed by atoms with E-state index in [4.69, 9.17) is 4.74 Å². The Morgan fingerprint density at radius 3 is 2.62 bits per heavy atom. The number of nitrogens with zero attached hydrogens (tertiary/aromatic N) is 1. The maximum atomic E-state index is 12.4. The highest BCUT2D eigenvalue weighted by Crippen LogP contribution is 2.18. The van der Waals surface area contributed by atoms with Crippen LogP contribution in [0.2, 0.25) is 0 Å². The lowest BCUT2D eigenvalue weighted by molar-refractivity contribution is -0.908. The molecular formula is C21H31ClN4O3. The number of nitrogens with one attached hydrogen (secondary N) is 3. The summed E-state index contributed by atoms with van der Waals surface area (Å²) in [6.45, 7) is 9.42. The number of H-pyrrole nitrogens is 1. The Kier molecular flexibility index (Phi) is 8.95. The Labute approximate surface area is 177 Å². The van der Waals surface area contributed by atoms with Crippen LogP contribution < -0.4 is 33.9 Å². The molecule has 3 N–H and O–H groups in total. The van der Waals surface area contributed by atoms with Gasteiger partial charge in [0.05, 0.1) is 19.8 Å². The molecule has 0 aliphatic carbocycles. The normalized spacial score (nSPS) is 14.4. The molecule has 0 spiro atoms. The van der Waals surface area contributed by atoms with Crippen LogP contribution >= 0.6 is 0 Å². The molecule has 2 heterocycles. The van der Waals surface area contributed by atoms with Gasteiger partial charge in [0.1, 0.15) is 18.9 Å². The smallest absolute Gasteiger partial charge is 0.329 e. The molecule has 0 unspecified atom stereocenters. The van der Waals surface area contributed by atoms with E-state index in [2.05, 4.69) is 24.1 Å². The molecule has 8 heteroatoms. The molecule has 3 rings (SSSR count). The maximum absolute atomic E-state index is 12.4. The van der Waals surface area contributed by atoms with Crippen LogP contribution in [0, 0.1) is 6.92 Å². The number of aromatic amines is 1. The van der Waals surface area contributed by atoms with Gasteiger partial charge in [-0.15, -0.1) is 0 Å². The quantitative estimate of drug-likeness (QED) is 0.424. The van der Waals surface area contributed by atoms with Gasteiger partial charge in [-0.2, -0.15) is 0 Å². The van der Waals surface area contributed by atoms with Gasteiger partial charge in [0.2, 0.25) is 0 Å². The number of anilines is 2. The number of halogens is 1. The molecule has 0 atom stereocenters. The molecule has 1 aliphatic heterocycles. The van der Waals surface area contributed by atoms with E-state index in [1.54, 1.807) is 0 Å².